The summed E-state index contributed by atoms with van der Waals surface area (Å²) in [6.07, 6.45) is 2.44. The molecule has 5 heteroatoms. The van der Waals surface area contributed by atoms with E-state index in [0.717, 1.165) is 4.88 Å². The number of sulfone groups is 1. The lowest BCUT2D eigenvalue weighted by molar-refractivity contribution is 0.601. The van der Waals surface area contributed by atoms with Crippen LogP contribution >= 0.6 is 11.3 Å². The zero-order valence-electron chi connectivity index (χ0n) is 7.59. The molecule has 2 heterocycles. The number of hydrogen-bond donors (Lipinski definition) is 0. The number of hydrogen-bond acceptors (Lipinski definition) is 4. The summed E-state index contributed by atoms with van der Waals surface area (Å²) in [6, 6.07) is 3.90. The Morgan fingerprint density at radius 2 is 2.43 bits per heavy atom. The van der Waals surface area contributed by atoms with Gasteiger partial charge in [-0.2, -0.15) is 0 Å². The second kappa shape index (κ2) is 3.82. The molecule has 0 spiro atoms. The SMILES string of the molecule is O=S1(=O)CC[C@@H](N=Cc2cccs2)C1. The molecule has 0 bridgehead atoms. The van der Waals surface area contributed by atoms with Crippen LogP contribution < -0.4 is 0 Å². The average molecular weight is 229 g/mol. The quantitative estimate of drug-likeness (QED) is 0.719. The minimum atomic E-state index is -2.80. The maximum atomic E-state index is 11.1. The van der Waals surface area contributed by atoms with Crippen molar-refractivity contribution < 1.29 is 8.42 Å². The maximum absolute atomic E-state index is 11.1. The van der Waals surface area contributed by atoms with Gasteiger partial charge in [-0.25, -0.2) is 8.42 Å². The van der Waals surface area contributed by atoms with Gasteiger partial charge >= 0.3 is 0 Å². The number of rotatable bonds is 2. The maximum Gasteiger partial charge on any atom is 0.152 e. The zero-order valence-corrected chi connectivity index (χ0v) is 9.22. The lowest BCUT2D eigenvalue weighted by Gasteiger charge is -1.97. The standard InChI is InChI=1S/C9H11NO2S2/c11-14(12)5-3-8(7-14)10-6-9-2-1-4-13-9/h1-2,4,6,8H,3,5,7H2/t8-/m1/s1. The van der Waals surface area contributed by atoms with Crippen LogP contribution in [0, 0.1) is 0 Å². The smallest absolute Gasteiger partial charge is 0.152 e. The highest BCUT2D eigenvalue weighted by atomic mass is 32.2. The third-order valence-electron chi connectivity index (χ3n) is 2.16. The Hall–Kier alpha value is -0.680. The van der Waals surface area contributed by atoms with Gasteiger partial charge in [0.1, 0.15) is 0 Å². The predicted molar refractivity (Wildman–Crippen MR) is 59.0 cm³/mol. The van der Waals surface area contributed by atoms with Crippen LogP contribution in [0.1, 0.15) is 11.3 Å². The summed E-state index contributed by atoms with van der Waals surface area (Å²) in [7, 11) is -2.80. The Balaban J connectivity index is 2.00. The summed E-state index contributed by atoms with van der Waals surface area (Å²) in [6.45, 7) is 0. The molecule has 76 valence electrons. The Kier molecular flexibility index (Phi) is 2.69. The molecular formula is C9H11NO2S2. The van der Waals surface area contributed by atoms with Crippen molar-refractivity contribution in [1.82, 2.24) is 0 Å². The van der Waals surface area contributed by atoms with Crippen molar-refractivity contribution in [2.45, 2.75) is 12.5 Å². The van der Waals surface area contributed by atoms with E-state index in [0.29, 0.717) is 12.2 Å². The Labute approximate surface area is 87.4 Å². The fraction of sp³-hybridized carbons (Fsp3) is 0.444. The fourth-order valence-corrected chi connectivity index (χ4v) is 3.67. The van der Waals surface area contributed by atoms with Gasteiger partial charge in [0, 0.05) is 11.1 Å². The van der Waals surface area contributed by atoms with E-state index in [4.69, 9.17) is 0 Å². The normalized spacial score (nSPS) is 25.9. The monoisotopic (exact) mass is 229 g/mol. The van der Waals surface area contributed by atoms with E-state index >= 15 is 0 Å². The lowest BCUT2D eigenvalue weighted by atomic mass is 10.3. The van der Waals surface area contributed by atoms with Crippen LogP contribution in [0.2, 0.25) is 0 Å². The largest absolute Gasteiger partial charge is 0.287 e. The fourth-order valence-electron chi connectivity index (χ4n) is 1.44. The number of aliphatic imine (C=N–C) groups is 1. The molecule has 2 rings (SSSR count). The van der Waals surface area contributed by atoms with E-state index in [1.165, 1.54) is 0 Å². The van der Waals surface area contributed by atoms with E-state index in [1.807, 2.05) is 17.5 Å². The van der Waals surface area contributed by atoms with Gasteiger partial charge in [0.25, 0.3) is 0 Å². The molecular weight excluding hydrogens is 218 g/mol. The molecule has 0 saturated carbocycles. The molecule has 1 aliphatic heterocycles. The van der Waals surface area contributed by atoms with Gasteiger partial charge in [0.15, 0.2) is 9.84 Å². The van der Waals surface area contributed by atoms with Gasteiger partial charge in [0.2, 0.25) is 0 Å². The zero-order chi connectivity index (χ0) is 10.0. The second-order valence-electron chi connectivity index (χ2n) is 3.35. The van der Waals surface area contributed by atoms with Crippen LogP contribution in [0.15, 0.2) is 22.5 Å². The molecule has 1 aromatic heterocycles. The molecule has 0 N–H and O–H groups in total. The molecule has 1 aromatic rings. The Morgan fingerprint density at radius 1 is 1.57 bits per heavy atom. The van der Waals surface area contributed by atoms with Crippen molar-refractivity contribution in [1.29, 1.82) is 0 Å². The Bertz CT molecular complexity index is 420. The summed E-state index contributed by atoms with van der Waals surface area (Å²) in [5.74, 6) is 0.508. The first kappa shape index (κ1) is 9.86. The van der Waals surface area contributed by atoms with Crippen molar-refractivity contribution in [3.8, 4) is 0 Å². The molecule has 0 amide bonds. The average Bonchev–Trinajstić information content (AvgIpc) is 2.70. The van der Waals surface area contributed by atoms with E-state index in [2.05, 4.69) is 4.99 Å². The predicted octanol–water partition coefficient (Wildman–Crippen LogP) is 1.35. The first-order valence-electron chi connectivity index (χ1n) is 4.43. The van der Waals surface area contributed by atoms with Crippen molar-refractivity contribution >= 4 is 27.4 Å². The van der Waals surface area contributed by atoms with Crippen LogP contribution in [0.3, 0.4) is 0 Å². The van der Waals surface area contributed by atoms with Gasteiger partial charge in [-0.15, -0.1) is 11.3 Å². The molecule has 1 atom stereocenters. The molecule has 0 radical (unpaired) electrons. The summed E-state index contributed by atoms with van der Waals surface area (Å²) in [4.78, 5) is 5.35. The summed E-state index contributed by atoms with van der Waals surface area (Å²) >= 11 is 1.61. The topological polar surface area (TPSA) is 46.5 Å². The van der Waals surface area contributed by atoms with Gasteiger partial charge in [0.05, 0.1) is 17.5 Å². The molecule has 1 aliphatic rings. The summed E-state index contributed by atoms with van der Waals surface area (Å²) in [5.41, 5.74) is 0. The Morgan fingerprint density at radius 3 is 3.00 bits per heavy atom. The highest BCUT2D eigenvalue weighted by Gasteiger charge is 2.26. The van der Waals surface area contributed by atoms with Gasteiger partial charge in [-0.1, -0.05) is 6.07 Å². The van der Waals surface area contributed by atoms with Gasteiger partial charge in [-0.05, 0) is 17.9 Å². The highest BCUT2D eigenvalue weighted by molar-refractivity contribution is 7.91. The molecule has 0 aliphatic carbocycles. The van der Waals surface area contributed by atoms with Crippen LogP contribution in [0.4, 0.5) is 0 Å². The van der Waals surface area contributed by atoms with Crippen molar-refractivity contribution in [3.63, 3.8) is 0 Å². The minimum Gasteiger partial charge on any atom is -0.287 e. The first-order chi connectivity index (χ1) is 6.66. The van der Waals surface area contributed by atoms with Crippen LogP contribution in [0.25, 0.3) is 0 Å². The van der Waals surface area contributed by atoms with E-state index in [-0.39, 0.29) is 11.8 Å². The van der Waals surface area contributed by atoms with Crippen molar-refractivity contribution in [2.75, 3.05) is 11.5 Å². The second-order valence-corrected chi connectivity index (χ2v) is 6.56. The first-order valence-corrected chi connectivity index (χ1v) is 7.13. The van der Waals surface area contributed by atoms with Crippen LogP contribution in [-0.4, -0.2) is 32.2 Å². The molecule has 14 heavy (non-hydrogen) atoms. The third kappa shape index (κ3) is 2.42. The highest BCUT2D eigenvalue weighted by Crippen LogP contribution is 2.15. The van der Waals surface area contributed by atoms with E-state index in [1.54, 1.807) is 17.6 Å². The van der Waals surface area contributed by atoms with Crippen LogP contribution in [0.5, 0.6) is 0 Å². The van der Waals surface area contributed by atoms with Crippen LogP contribution in [-0.2, 0) is 9.84 Å². The number of nitrogens with zero attached hydrogens (tertiary/aromatic N) is 1. The summed E-state index contributed by atoms with van der Waals surface area (Å²) in [5, 5.41) is 1.98. The molecule has 3 nitrogen and oxygen atoms in total. The van der Waals surface area contributed by atoms with E-state index in [9.17, 15) is 8.42 Å². The van der Waals surface area contributed by atoms with E-state index < -0.39 is 9.84 Å². The minimum absolute atomic E-state index is 0.0258. The lowest BCUT2D eigenvalue weighted by Crippen LogP contribution is -2.07. The molecule has 0 unspecified atom stereocenters. The third-order valence-corrected chi connectivity index (χ3v) is 4.72. The van der Waals surface area contributed by atoms with Crippen molar-refractivity contribution in [3.05, 3.63) is 22.4 Å². The summed E-state index contributed by atoms with van der Waals surface area (Å²) < 4.78 is 22.3. The van der Waals surface area contributed by atoms with Gasteiger partial charge in [-0.3, -0.25) is 4.99 Å². The van der Waals surface area contributed by atoms with Crippen molar-refractivity contribution in [2.24, 2.45) is 4.99 Å². The number of thiophene rings is 1. The molecule has 0 aromatic carbocycles. The molecule has 1 fully saturated rings. The van der Waals surface area contributed by atoms with Gasteiger partial charge < -0.3 is 0 Å². The molecule has 1 saturated heterocycles.